The van der Waals surface area contributed by atoms with E-state index in [1.165, 1.54) is 18.2 Å². The van der Waals surface area contributed by atoms with Crippen molar-refractivity contribution in [2.75, 3.05) is 6.54 Å². The van der Waals surface area contributed by atoms with Crippen molar-refractivity contribution in [3.05, 3.63) is 69.7 Å². The van der Waals surface area contributed by atoms with E-state index in [1.54, 1.807) is 18.2 Å². The fraction of sp³-hybridized carbons (Fsp3) is 0.200. The highest BCUT2D eigenvalue weighted by molar-refractivity contribution is 9.10. The molecule has 4 heteroatoms. The summed E-state index contributed by atoms with van der Waals surface area (Å²) < 4.78 is 26.5. The van der Waals surface area contributed by atoms with E-state index in [1.807, 2.05) is 6.07 Å². The molecule has 0 unspecified atom stereocenters. The van der Waals surface area contributed by atoms with Gasteiger partial charge in [0.1, 0.15) is 11.6 Å². The largest absolute Gasteiger partial charge is 0.312 e. The van der Waals surface area contributed by atoms with Gasteiger partial charge < -0.3 is 5.32 Å². The molecular formula is C15H14BrF2N. The van der Waals surface area contributed by atoms with Crippen LogP contribution in [-0.4, -0.2) is 6.54 Å². The van der Waals surface area contributed by atoms with Crippen molar-refractivity contribution < 1.29 is 8.78 Å². The summed E-state index contributed by atoms with van der Waals surface area (Å²) in [4.78, 5) is 0. The van der Waals surface area contributed by atoms with Crippen LogP contribution in [0.15, 0.2) is 46.9 Å². The molecule has 1 N–H and O–H groups in total. The van der Waals surface area contributed by atoms with Crippen LogP contribution in [0.5, 0.6) is 0 Å². The van der Waals surface area contributed by atoms with Crippen LogP contribution in [0.2, 0.25) is 0 Å². The Bertz CT molecular complexity index is 540. The first-order valence-electron chi connectivity index (χ1n) is 6.05. The smallest absolute Gasteiger partial charge is 0.137 e. The first-order valence-corrected chi connectivity index (χ1v) is 6.84. The topological polar surface area (TPSA) is 12.0 Å². The second kappa shape index (κ2) is 6.78. The third-order valence-electron chi connectivity index (χ3n) is 2.85. The van der Waals surface area contributed by atoms with Gasteiger partial charge in [-0.05, 0) is 58.2 Å². The van der Waals surface area contributed by atoms with Crippen molar-refractivity contribution in [2.45, 2.75) is 13.0 Å². The van der Waals surface area contributed by atoms with Crippen molar-refractivity contribution in [3.63, 3.8) is 0 Å². The number of hydrogen-bond donors (Lipinski definition) is 1. The summed E-state index contributed by atoms with van der Waals surface area (Å²) in [5, 5.41) is 3.24. The highest BCUT2D eigenvalue weighted by Gasteiger charge is 2.04. The number of rotatable bonds is 5. The number of hydrogen-bond acceptors (Lipinski definition) is 1. The maximum atomic E-state index is 13.3. The summed E-state index contributed by atoms with van der Waals surface area (Å²) in [7, 11) is 0. The number of nitrogens with one attached hydrogen (secondary N) is 1. The van der Waals surface area contributed by atoms with E-state index >= 15 is 0 Å². The molecule has 0 radical (unpaired) electrons. The van der Waals surface area contributed by atoms with Gasteiger partial charge in [-0.15, -0.1) is 0 Å². The standard InChI is InChI=1S/C15H14BrF2N/c16-15-12(2-1-3-14(15)18)10-19-9-8-11-4-6-13(17)7-5-11/h1-7,19H,8-10H2. The third-order valence-corrected chi connectivity index (χ3v) is 3.74. The van der Waals surface area contributed by atoms with Gasteiger partial charge in [0.25, 0.3) is 0 Å². The minimum Gasteiger partial charge on any atom is -0.312 e. The van der Waals surface area contributed by atoms with Crippen LogP contribution >= 0.6 is 15.9 Å². The Labute approximate surface area is 119 Å². The summed E-state index contributed by atoms with van der Waals surface area (Å²) in [5.41, 5.74) is 1.96. The predicted molar refractivity (Wildman–Crippen MR) is 75.9 cm³/mol. The molecule has 2 aromatic carbocycles. The van der Waals surface area contributed by atoms with Gasteiger partial charge in [0.05, 0.1) is 4.47 Å². The molecule has 0 aliphatic heterocycles. The molecule has 19 heavy (non-hydrogen) atoms. The Morgan fingerprint density at radius 2 is 1.74 bits per heavy atom. The third kappa shape index (κ3) is 4.11. The average molecular weight is 326 g/mol. The molecule has 0 atom stereocenters. The monoisotopic (exact) mass is 325 g/mol. The zero-order valence-electron chi connectivity index (χ0n) is 10.3. The Kier molecular flexibility index (Phi) is 5.05. The Balaban J connectivity index is 1.81. The van der Waals surface area contributed by atoms with Gasteiger partial charge in [-0.1, -0.05) is 24.3 Å². The lowest BCUT2D eigenvalue weighted by Gasteiger charge is -2.07. The molecule has 0 aliphatic rings. The average Bonchev–Trinajstić information content (AvgIpc) is 2.41. The molecular weight excluding hydrogens is 312 g/mol. The molecule has 2 rings (SSSR count). The lowest BCUT2D eigenvalue weighted by atomic mass is 10.1. The van der Waals surface area contributed by atoms with Gasteiger partial charge in [-0.25, -0.2) is 8.78 Å². The lowest BCUT2D eigenvalue weighted by Crippen LogP contribution is -2.17. The van der Waals surface area contributed by atoms with E-state index in [0.29, 0.717) is 11.0 Å². The fourth-order valence-corrected chi connectivity index (χ4v) is 2.20. The highest BCUT2D eigenvalue weighted by atomic mass is 79.9. The molecule has 2 aromatic rings. The van der Waals surface area contributed by atoms with Crippen LogP contribution in [0, 0.1) is 11.6 Å². The zero-order valence-corrected chi connectivity index (χ0v) is 11.9. The van der Waals surface area contributed by atoms with Gasteiger partial charge >= 0.3 is 0 Å². The lowest BCUT2D eigenvalue weighted by molar-refractivity contribution is 0.612. The van der Waals surface area contributed by atoms with Gasteiger partial charge in [-0.2, -0.15) is 0 Å². The molecule has 0 amide bonds. The Morgan fingerprint density at radius 3 is 2.47 bits per heavy atom. The first kappa shape index (κ1) is 14.2. The maximum absolute atomic E-state index is 13.3. The van der Waals surface area contributed by atoms with Crippen LogP contribution in [0.4, 0.5) is 8.78 Å². The minimum absolute atomic E-state index is 0.222. The molecule has 0 bridgehead atoms. The van der Waals surface area contributed by atoms with E-state index < -0.39 is 0 Å². The van der Waals surface area contributed by atoms with E-state index in [4.69, 9.17) is 0 Å². The molecule has 0 aromatic heterocycles. The number of benzene rings is 2. The molecule has 0 aliphatic carbocycles. The minimum atomic E-state index is -0.252. The summed E-state index contributed by atoms with van der Waals surface area (Å²) in [6, 6.07) is 11.4. The van der Waals surface area contributed by atoms with E-state index in [-0.39, 0.29) is 11.6 Å². The quantitative estimate of drug-likeness (QED) is 0.817. The van der Waals surface area contributed by atoms with E-state index in [9.17, 15) is 8.78 Å². The SMILES string of the molecule is Fc1ccc(CCNCc2cccc(F)c2Br)cc1. The maximum Gasteiger partial charge on any atom is 0.137 e. The summed E-state index contributed by atoms with van der Waals surface area (Å²) in [5.74, 6) is -0.474. The number of halogens is 3. The van der Waals surface area contributed by atoms with Crippen molar-refractivity contribution in [3.8, 4) is 0 Å². The van der Waals surface area contributed by atoms with Gasteiger partial charge in [-0.3, -0.25) is 0 Å². The van der Waals surface area contributed by atoms with Crippen molar-refractivity contribution in [1.82, 2.24) is 5.32 Å². The Hall–Kier alpha value is -1.26. The van der Waals surface area contributed by atoms with E-state index in [0.717, 1.165) is 24.1 Å². The van der Waals surface area contributed by atoms with Gasteiger partial charge in [0.15, 0.2) is 0 Å². The van der Waals surface area contributed by atoms with Crippen LogP contribution in [0.3, 0.4) is 0 Å². The van der Waals surface area contributed by atoms with Crippen LogP contribution < -0.4 is 5.32 Å². The Morgan fingerprint density at radius 1 is 1.00 bits per heavy atom. The van der Waals surface area contributed by atoms with Gasteiger partial charge in [0.2, 0.25) is 0 Å². The van der Waals surface area contributed by atoms with Crippen LogP contribution in [-0.2, 0) is 13.0 Å². The first-order chi connectivity index (χ1) is 9.16. The molecule has 0 saturated carbocycles. The zero-order chi connectivity index (χ0) is 13.7. The highest BCUT2D eigenvalue weighted by Crippen LogP contribution is 2.19. The normalized spacial score (nSPS) is 10.7. The van der Waals surface area contributed by atoms with Crippen molar-refractivity contribution in [2.24, 2.45) is 0 Å². The molecule has 0 spiro atoms. The molecule has 0 heterocycles. The van der Waals surface area contributed by atoms with Crippen molar-refractivity contribution in [1.29, 1.82) is 0 Å². The predicted octanol–water partition coefficient (Wildman–Crippen LogP) is 4.06. The summed E-state index contributed by atoms with van der Waals surface area (Å²) in [6.45, 7) is 1.36. The molecule has 1 nitrogen and oxygen atoms in total. The molecule has 0 fully saturated rings. The summed E-state index contributed by atoms with van der Waals surface area (Å²) >= 11 is 3.23. The molecule has 0 saturated heterocycles. The van der Waals surface area contributed by atoms with Crippen molar-refractivity contribution >= 4 is 15.9 Å². The van der Waals surface area contributed by atoms with Crippen LogP contribution in [0.25, 0.3) is 0 Å². The summed E-state index contributed by atoms with van der Waals surface area (Å²) in [6.07, 6.45) is 0.813. The molecule has 100 valence electrons. The van der Waals surface area contributed by atoms with Crippen LogP contribution in [0.1, 0.15) is 11.1 Å². The second-order valence-electron chi connectivity index (χ2n) is 4.27. The second-order valence-corrected chi connectivity index (χ2v) is 5.06. The van der Waals surface area contributed by atoms with E-state index in [2.05, 4.69) is 21.2 Å². The fourth-order valence-electron chi connectivity index (χ4n) is 1.79. The van der Waals surface area contributed by atoms with Gasteiger partial charge in [0, 0.05) is 6.54 Å².